The summed E-state index contributed by atoms with van der Waals surface area (Å²) in [5, 5.41) is 10.1. The molecule has 0 aromatic heterocycles. The van der Waals surface area contributed by atoms with Crippen LogP contribution in [0.1, 0.15) is 10.4 Å². The van der Waals surface area contributed by atoms with Crippen LogP contribution in [0.4, 0.5) is 13.2 Å². The fraction of sp³-hybridized carbons (Fsp3) is 0.111. The van der Waals surface area contributed by atoms with Crippen LogP contribution in [-0.2, 0) is 4.79 Å². The number of nitrogens with one attached hydrogen (secondary N) is 1. The average molecular weight is 233 g/mol. The molecule has 0 aliphatic rings. The van der Waals surface area contributed by atoms with Crippen LogP contribution in [-0.4, -0.2) is 23.5 Å². The summed E-state index contributed by atoms with van der Waals surface area (Å²) in [7, 11) is 0. The van der Waals surface area contributed by atoms with Gasteiger partial charge in [-0.05, 0) is 12.1 Å². The average Bonchev–Trinajstić information content (AvgIpc) is 2.23. The van der Waals surface area contributed by atoms with E-state index in [2.05, 4.69) is 0 Å². The van der Waals surface area contributed by atoms with Crippen molar-refractivity contribution in [2.45, 2.75) is 0 Å². The van der Waals surface area contributed by atoms with Gasteiger partial charge in [0.2, 0.25) is 0 Å². The minimum absolute atomic E-state index is 0.577. The van der Waals surface area contributed by atoms with E-state index in [0.29, 0.717) is 6.07 Å². The second kappa shape index (κ2) is 4.65. The molecule has 7 heteroatoms. The summed E-state index contributed by atoms with van der Waals surface area (Å²) >= 11 is 0. The molecule has 0 atom stereocenters. The Balaban J connectivity index is 2.92. The van der Waals surface area contributed by atoms with E-state index in [1.165, 1.54) is 0 Å². The van der Waals surface area contributed by atoms with E-state index in [-0.39, 0.29) is 0 Å². The van der Waals surface area contributed by atoms with Gasteiger partial charge in [0, 0.05) is 0 Å². The van der Waals surface area contributed by atoms with E-state index >= 15 is 0 Å². The lowest BCUT2D eigenvalue weighted by Gasteiger charge is -2.04. The molecular weight excluding hydrogens is 227 g/mol. The Morgan fingerprint density at radius 3 is 2.38 bits per heavy atom. The van der Waals surface area contributed by atoms with Gasteiger partial charge in [-0.1, -0.05) is 0 Å². The molecule has 0 radical (unpaired) electrons. The van der Waals surface area contributed by atoms with Gasteiger partial charge in [-0.15, -0.1) is 0 Å². The molecule has 1 rings (SSSR count). The summed E-state index contributed by atoms with van der Waals surface area (Å²) in [5.74, 6) is -7.31. The van der Waals surface area contributed by atoms with E-state index in [9.17, 15) is 22.8 Å². The topological polar surface area (TPSA) is 66.4 Å². The Hall–Kier alpha value is -2.05. The van der Waals surface area contributed by atoms with Gasteiger partial charge in [0.05, 0.1) is 5.56 Å². The summed E-state index contributed by atoms with van der Waals surface area (Å²) in [6, 6.07) is 1.30. The first-order chi connectivity index (χ1) is 7.43. The third-order valence-corrected chi connectivity index (χ3v) is 1.68. The summed E-state index contributed by atoms with van der Waals surface area (Å²) < 4.78 is 38.2. The lowest BCUT2D eigenvalue weighted by atomic mass is 10.2. The molecule has 86 valence electrons. The van der Waals surface area contributed by atoms with Crippen molar-refractivity contribution >= 4 is 11.9 Å². The van der Waals surface area contributed by atoms with E-state index in [1.54, 1.807) is 0 Å². The fourth-order valence-electron chi connectivity index (χ4n) is 0.952. The monoisotopic (exact) mass is 233 g/mol. The molecule has 0 unspecified atom stereocenters. The van der Waals surface area contributed by atoms with Gasteiger partial charge >= 0.3 is 5.97 Å². The number of carbonyl (C=O) groups is 2. The zero-order valence-electron chi connectivity index (χ0n) is 7.76. The molecule has 1 aromatic carbocycles. The first-order valence-electron chi connectivity index (χ1n) is 4.07. The van der Waals surface area contributed by atoms with Crippen LogP contribution in [0.25, 0.3) is 0 Å². The number of hydrogen-bond donors (Lipinski definition) is 2. The van der Waals surface area contributed by atoms with Gasteiger partial charge in [0.25, 0.3) is 5.91 Å². The van der Waals surface area contributed by atoms with Gasteiger partial charge in [0.15, 0.2) is 17.5 Å². The van der Waals surface area contributed by atoms with Crippen LogP contribution in [0.15, 0.2) is 12.1 Å². The first-order valence-corrected chi connectivity index (χ1v) is 4.07. The Kier molecular flexibility index (Phi) is 3.49. The molecule has 0 aliphatic carbocycles. The van der Waals surface area contributed by atoms with E-state index in [1.807, 2.05) is 5.32 Å². The molecule has 1 aromatic rings. The molecule has 2 N–H and O–H groups in total. The largest absolute Gasteiger partial charge is 0.480 e. The zero-order valence-corrected chi connectivity index (χ0v) is 7.76. The van der Waals surface area contributed by atoms with Crippen LogP contribution >= 0.6 is 0 Å². The second-order valence-electron chi connectivity index (χ2n) is 2.80. The van der Waals surface area contributed by atoms with Crippen molar-refractivity contribution in [2.75, 3.05) is 6.54 Å². The van der Waals surface area contributed by atoms with Crippen LogP contribution < -0.4 is 5.32 Å². The highest BCUT2D eigenvalue weighted by atomic mass is 19.2. The predicted molar refractivity (Wildman–Crippen MR) is 46.3 cm³/mol. The number of halogens is 3. The Morgan fingerprint density at radius 2 is 1.81 bits per heavy atom. The predicted octanol–water partition coefficient (Wildman–Crippen LogP) is 0.918. The third-order valence-electron chi connectivity index (χ3n) is 1.68. The SMILES string of the molecule is O=C(O)CNC(=O)c1ccc(F)c(F)c1F. The van der Waals surface area contributed by atoms with Crippen molar-refractivity contribution in [3.63, 3.8) is 0 Å². The maximum atomic E-state index is 13.0. The molecule has 0 aliphatic heterocycles. The lowest BCUT2D eigenvalue weighted by molar-refractivity contribution is -0.135. The minimum Gasteiger partial charge on any atom is -0.480 e. The van der Waals surface area contributed by atoms with Crippen molar-refractivity contribution in [3.8, 4) is 0 Å². The molecule has 0 fully saturated rings. The normalized spacial score (nSPS) is 9.94. The fourth-order valence-corrected chi connectivity index (χ4v) is 0.952. The van der Waals surface area contributed by atoms with Crippen molar-refractivity contribution in [1.82, 2.24) is 5.32 Å². The Morgan fingerprint density at radius 1 is 1.19 bits per heavy atom. The van der Waals surface area contributed by atoms with Crippen molar-refractivity contribution in [2.24, 2.45) is 0 Å². The van der Waals surface area contributed by atoms with Gasteiger partial charge in [0.1, 0.15) is 6.54 Å². The Bertz CT molecular complexity index is 448. The first kappa shape index (κ1) is 12.0. The highest BCUT2D eigenvalue weighted by molar-refractivity contribution is 5.96. The minimum atomic E-state index is -1.78. The number of hydrogen-bond acceptors (Lipinski definition) is 2. The maximum absolute atomic E-state index is 13.0. The number of aliphatic carboxylic acids is 1. The summed E-state index contributed by atoms with van der Waals surface area (Å²) in [5.41, 5.74) is -0.750. The van der Waals surface area contributed by atoms with E-state index in [4.69, 9.17) is 5.11 Å². The molecule has 0 saturated carbocycles. The molecule has 0 spiro atoms. The molecule has 4 nitrogen and oxygen atoms in total. The molecule has 0 bridgehead atoms. The van der Waals surface area contributed by atoms with E-state index in [0.717, 1.165) is 6.07 Å². The second-order valence-corrected chi connectivity index (χ2v) is 2.80. The zero-order chi connectivity index (χ0) is 12.3. The van der Waals surface area contributed by atoms with Gasteiger partial charge in [-0.3, -0.25) is 9.59 Å². The van der Waals surface area contributed by atoms with Crippen molar-refractivity contribution in [1.29, 1.82) is 0 Å². The lowest BCUT2D eigenvalue weighted by Crippen LogP contribution is -2.30. The highest BCUT2D eigenvalue weighted by Gasteiger charge is 2.18. The highest BCUT2D eigenvalue weighted by Crippen LogP contribution is 2.14. The molecule has 16 heavy (non-hydrogen) atoms. The number of benzene rings is 1. The summed E-state index contributed by atoms with van der Waals surface area (Å²) in [6.07, 6.45) is 0. The van der Waals surface area contributed by atoms with Crippen LogP contribution in [0.5, 0.6) is 0 Å². The number of amides is 1. The number of carbonyl (C=O) groups excluding carboxylic acids is 1. The smallest absolute Gasteiger partial charge is 0.322 e. The van der Waals surface area contributed by atoms with Crippen LogP contribution in [0, 0.1) is 17.5 Å². The van der Waals surface area contributed by atoms with Crippen LogP contribution in [0.3, 0.4) is 0 Å². The molecule has 1 amide bonds. The Labute approximate surface area is 87.7 Å². The van der Waals surface area contributed by atoms with Gasteiger partial charge in [-0.25, -0.2) is 13.2 Å². The van der Waals surface area contributed by atoms with Crippen molar-refractivity contribution < 1.29 is 27.9 Å². The van der Waals surface area contributed by atoms with E-state index < -0.39 is 41.4 Å². The molecule has 0 heterocycles. The quantitative estimate of drug-likeness (QED) is 0.763. The van der Waals surface area contributed by atoms with Gasteiger partial charge < -0.3 is 10.4 Å². The standard InChI is InChI=1S/C9H6F3NO3/c10-5-2-1-4(7(11)8(5)12)9(16)13-3-6(14)15/h1-2H,3H2,(H,13,16)(H,14,15). The number of rotatable bonds is 3. The number of carboxylic acid groups (broad SMARTS) is 1. The summed E-state index contributed by atoms with van der Waals surface area (Å²) in [4.78, 5) is 21.2. The van der Waals surface area contributed by atoms with Crippen LogP contribution in [0.2, 0.25) is 0 Å². The maximum Gasteiger partial charge on any atom is 0.322 e. The van der Waals surface area contributed by atoms with Gasteiger partial charge in [-0.2, -0.15) is 0 Å². The number of carboxylic acids is 1. The van der Waals surface area contributed by atoms with Crippen molar-refractivity contribution in [3.05, 3.63) is 35.1 Å². The third kappa shape index (κ3) is 2.50. The summed E-state index contributed by atoms with van der Waals surface area (Å²) in [6.45, 7) is -0.739. The molecule has 0 saturated heterocycles. The molecular formula is C9H6F3NO3.